The molecular formula is C20H22N4O. The van der Waals surface area contributed by atoms with Crippen molar-refractivity contribution in [1.29, 1.82) is 0 Å². The van der Waals surface area contributed by atoms with E-state index in [1.807, 2.05) is 42.5 Å². The van der Waals surface area contributed by atoms with Gasteiger partial charge < -0.3 is 9.88 Å². The number of rotatable bonds is 3. The molecule has 0 bridgehead atoms. The molecule has 0 saturated heterocycles. The summed E-state index contributed by atoms with van der Waals surface area (Å²) in [4.78, 5) is 19.5. The molecule has 0 saturated carbocycles. The van der Waals surface area contributed by atoms with Gasteiger partial charge in [0.2, 0.25) is 0 Å². The van der Waals surface area contributed by atoms with E-state index in [0.717, 1.165) is 42.2 Å². The summed E-state index contributed by atoms with van der Waals surface area (Å²) in [7, 11) is 0. The molecule has 1 amide bonds. The largest absolute Gasteiger partial charge is 0.326 e. The molecule has 1 aliphatic rings. The van der Waals surface area contributed by atoms with Gasteiger partial charge in [0.1, 0.15) is 5.82 Å². The van der Waals surface area contributed by atoms with Crippen LogP contribution in [0.2, 0.25) is 0 Å². The van der Waals surface area contributed by atoms with E-state index in [-0.39, 0.29) is 5.91 Å². The van der Waals surface area contributed by atoms with Crippen molar-refractivity contribution in [2.24, 2.45) is 0 Å². The molecule has 25 heavy (non-hydrogen) atoms. The van der Waals surface area contributed by atoms with Gasteiger partial charge in [0.15, 0.2) is 0 Å². The predicted molar refractivity (Wildman–Crippen MR) is 99.7 cm³/mol. The molecule has 0 atom stereocenters. The highest BCUT2D eigenvalue weighted by Gasteiger charge is 2.21. The van der Waals surface area contributed by atoms with Crippen molar-refractivity contribution in [3.63, 3.8) is 0 Å². The molecule has 4 rings (SSSR count). The van der Waals surface area contributed by atoms with Crippen molar-refractivity contribution in [3.8, 4) is 0 Å². The van der Waals surface area contributed by atoms with Gasteiger partial charge in [-0.3, -0.25) is 9.69 Å². The van der Waals surface area contributed by atoms with Gasteiger partial charge >= 0.3 is 0 Å². The second-order valence-electron chi connectivity index (χ2n) is 6.77. The Hall–Kier alpha value is -2.66. The van der Waals surface area contributed by atoms with E-state index in [1.165, 1.54) is 0 Å². The predicted octanol–water partition coefficient (Wildman–Crippen LogP) is 3.51. The van der Waals surface area contributed by atoms with Gasteiger partial charge in [0.25, 0.3) is 5.91 Å². The van der Waals surface area contributed by atoms with Crippen LogP contribution in [-0.2, 0) is 13.1 Å². The molecule has 2 aromatic carbocycles. The minimum absolute atomic E-state index is 0.102. The Morgan fingerprint density at radius 2 is 1.92 bits per heavy atom. The van der Waals surface area contributed by atoms with Crippen LogP contribution in [0.25, 0.3) is 11.0 Å². The zero-order valence-corrected chi connectivity index (χ0v) is 14.6. The van der Waals surface area contributed by atoms with Gasteiger partial charge in [-0.15, -0.1) is 0 Å². The van der Waals surface area contributed by atoms with E-state index < -0.39 is 0 Å². The summed E-state index contributed by atoms with van der Waals surface area (Å²) >= 11 is 0. The Kier molecular flexibility index (Phi) is 4.01. The van der Waals surface area contributed by atoms with Crippen LogP contribution in [0.1, 0.15) is 30.0 Å². The van der Waals surface area contributed by atoms with E-state index in [4.69, 9.17) is 4.98 Å². The zero-order valence-electron chi connectivity index (χ0n) is 14.6. The lowest BCUT2D eigenvalue weighted by Gasteiger charge is -2.30. The van der Waals surface area contributed by atoms with Crippen LogP contribution < -0.4 is 5.32 Å². The van der Waals surface area contributed by atoms with Crippen molar-refractivity contribution in [2.75, 3.05) is 11.9 Å². The smallest absolute Gasteiger partial charge is 0.255 e. The summed E-state index contributed by atoms with van der Waals surface area (Å²) < 4.78 is 2.29. The fraction of sp³-hybridized carbons (Fsp3) is 0.300. The zero-order chi connectivity index (χ0) is 17.4. The molecule has 0 spiro atoms. The summed E-state index contributed by atoms with van der Waals surface area (Å²) in [5, 5.41) is 2.96. The first-order valence-electron chi connectivity index (χ1n) is 8.71. The van der Waals surface area contributed by atoms with E-state index >= 15 is 0 Å². The lowest BCUT2D eigenvalue weighted by atomic mass is 10.2. The topological polar surface area (TPSA) is 50.2 Å². The number of imidazole rings is 1. The molecule has 1 aliphatic heterocycles. The summed E-state index contributed by atoms with van der Waals surface area (Å²) in [5.74, 6) is 0.997. The maximum Gasteiger partial charge on any atom is 0.255 e. The number of anilines is 1. The fourth-order valence-electron chi connectivity index (χ4n) is 3.35. The minimum atomic E-state index is -0.102. The lowest BCUT2D eigenvalue weighted by molar-refractivity contribution is 0.102. The number of hydrogen-bond acceptors (Lipinski definition) is 3. The van der Waals surface area contributed by atoms with Crippen LogP contribution in [0, 0.1) is 0 Å². The van der Waals surface area contributed by atoms with Gasteiger partial charge in [-0.25, -0.2) is 4.98 Å². The van der Waals surface area contributed by atoms with Gasteiger partial charge in [-0.1, -0.05) is 18.2 Å². The Morgan fingerprint density at radius 1 is 1.12 bits per heavy atom. The van der Waals surface area contributed by atoms with Crippen LogP contribution in [0.5, 0.6) is 0 Å². The molecule has 1 aromatic heterocycles. The van der Waals surface area contributed by atoms with Crippen molar-refractivity contribution in [2.45, 2.75) is 33.0 Å². The maximum absolute atomic E-state index is 12.3. The van der Waals surface area contributed by atoms with Crippen molar-refractivity contribution >= 4 is 22.6 Å². The molecule has 0 fully saturated rings. The third-order valence-electron chi connectivity index (χ3n) is 4.81. The Labute approximate surface area is 147 Å². The Balaban J connectivity index is 1.60. The quantitative estimate of drug-likeness (QED) is 0.797. The van der Waals surface area contributed by atoms with Crippen LogP contribution in [0.15, 0.2) is 48.5 Å². The Bertz CT molecular complexity index is 914. The van der Waals surface area contributed by atoms with Gasteiger partial charge in [-0.05, 0) is 44.2 Å². The maximum atomic E-state index is 12.3. The average Bonchev–Trinajstić information content (AvgIpc) is 2.99. The fourth-order valence-corrected chi connectivity index (χ4v) is 3.35. The minimum Gasteiger partial charge on any atom is -0.326 e. The first kappa shape index (κ1) is 15.8. The molecule has 0 unspecified atom stereocenters. The molecule has 128 valence electrons. The van der Waals surface area contributed by atoms with Crippen LogP contribution in [0.3, 0.4) is 0 Å². The summed E-state index contributed by atoms with van der Waals surface area (Å²) in [5.41, 5.74) is 3.50. The molecule has 5 nitrogen and oxygen atoms in total. The monoisotopic (exact) mass is 334 g/mol. The highest BCUT2D eigenvalue weighted by molar-refractivity contribution is 6.04. The standard InChI is InChI=1S/C20H22N4O/c1-14(2)23-10-11-24-18-9-8-16(12-17(18)22-19(24)13-23)21-20(25)15-6-4-3-5-7-15/h3-9,12,14H,10-11,13H2,1-2H3,(H,21,25). The van der Waals surface area contributed by atoms with Gasteiger partial charge in [0, 0.05) is 30.4 Å². The molecular weight excluding hydrogens is 312 g/mol. The Morgan fingerprint density at radius 3 is 2.68 bits per heavy atom. The summed E-state index contributed by atoms with van der Waals surface area (Å²) in [6.45, 7) is 7.31. The summed E-state index contributed by atoms with van der Waals surface area (Å²) in [6.07, 6.45) is 0. The van der Waals surface area contributed by atoms with Gasteiger partial charge in [0.05, 0.1) is 17.6 Å². The molecule has 0 radical (unpaired) electrons. The summed E-state index contributed by atoms with van der Waals surface area (Å²) in [6, 6.07) is 15.7. The number of hydrogen-bond donors (Lipinski definition) is 1. The van der Waals surface area contributed by atoms with Crippen molar-refractivity contribution < 1.29 is 4.79 Å². The number of nitrogens with one attached hydrogen (secondary N) is 1. The number of fused-ring (bicyclic) bond motifs is 3. The third kappa shape index (κ3) is 3.03. The molecule has 3 aromatic rings. The number of carbonyl (C=O) groups excluding carboxylic acids is 1. The van der Waals surface area contributed by atoms with Crippen LogP contribution in [-0.4, -0.2) is 32.9 Å². The van der Waals surface area contributed by atoms with Crippen LogP contribution in [0.4, 0.5) is 5.69 Å². The number of amides is 1. The second kappa shape index (κ2) is 6.33. The van der Waals surface area contributed by atoms with Crippen molar-refractivity contribution in [1.82, 2.24) is 14.5 Å². The number of carbonyl (C=O) groups is 1. The third-order valence-corrected chi connectivity index (χ3v) is 4.81. The lowest BCUT2D eigenvalue weighted by Crippen LogP contribution is -2.38. The normalized spacial score (nSPS) is 14.7. The number of aromatic nitrogens is 2. The van der Waals surface area contributed by atoms with E-state index in [1.54, 1.807) is 0 Å². The second-order valence-corrected chi connectivity index (χ2v) is 6.77. The first-order valence-corrected chi connectivity index (χ1v) is 8.71. The van der Waals surface area contributed by atoms with Gasteiger partial charge in [-0.2, -0.15) is 0 Å². The van der Waals surface area contributed by atoms with E-state index in [0.29, 0.717) is 11.6 Å². The van der Waals surface area contributed by atoms with E-state index in [2.05, 4.69) is 34.7 Å². The van der Waals surface area contributed by atoms with Crippen LogP contribution >= 0.6 is 0 Å². The number of nitrogens with zero attached hydrogens (tertiary/aromatic N) is 3. The average molecular weight is 334 g/mol. The van der Waals surface area contributed by atoms with E-state index in [9.17, 15) is 4.79 Å². The van der Waals surface area contributed by atoms with Crippen molar-refractivity contribution in [3.05, 3.63) is 59.9 Å². The SMILES string of the molecule is CC(C)N1CCn2c(nc3cc(NC(=O)c4ccccc4)ccc32)C1. The molecule has 1 N–H and O–H groups in total. The first-order chi connectivity index (χ1) is 12.1. The highest BCUT2D eigenvalue weighted by Crippen LogP contribution is 2.24. The molecule has 0 aliphatic carbocycles. The molecule has 5 heteroatoms. The molecule has 2 heterocycles. The highest BCUT2D eigenvalue weighted by atomic mass is 16.1. The number of benzene rings is 2.